The highest BCUT2D eigenvalue weighted by Gasteiger charge is 2.20. The maximum Gasteiger partial charge on any atom is 0.123 e. The minimum absolute atomic E-state index is 0.0822. The van der Waals surface area contributed by atoms with Gasteiger partial charge >= 0.3 is 0 Å². The van der Waals surface area contributed by atoms with E-state index >= 15 is 0 Å². The fourth-order valence-electron chi connectivity index (χ4n) is 2.25. The van der Waals surface area contributed by atoms with Crippen LogP contribution < -0.4 is 5.32 Å². The molecule has 1 atom stereocenters. The highest BCUT2D eigenvalue weighted by atomic mass is 79.9. The Hall–Kier alpha value is -1.20. The second-order valence-electron chi connectivity index (χ2n) is 4.55. The Bertz CT molecular complexity index is 540. The minimum Gasteiger partial charge on any atom is -0.305 e. The highest BCUT2D eigenvalue weighted by molar-refractivity contribution is 9.10. The van der Waals surface area contributed by atoms with Crippen LogP contribution in [-0.4, -0.2) is 16.3 Å². The van der Waals surface area contributed by atoms with Crippen LogP contribution in [0.3, 0.4) is 0 Å². The zero-order valence-corrected chi connectivity index (χ0v) is 12.8. The third-order valence-corrected chi connectivity index (χ3v) is 3.63. The molecule has 0 radical (unpaired) electrons. The lowest BCUT2D eigenvalue weighted by Gasteiger charge is -2.20. The molecule has 1 heterocycles. The summed E-state index contributed by atoms with van der Waals surface area (Å²) in [5.41, 5.74) is 2.81. The number of aryl methyl sites for hydroxylation is 2. The standard InChI is InChI=1S/C14H17BrFN3/c1-4-17-13(14-12(15)8-18-19(14)3)10-5-9(2)6-11(16)7-10/h5-8,13,17H,4H2,1-3H3. The van der Waals surface area contributed by atoms with E-state index in [4.69, 9.17) is 0 Å². The molecule has 0 saturated heterocycles. The van der Waals surface area contributed by atoms with Crippen LogP contribution in [0.15, 0.2) is 28.9 Å². The van der Waals surface area contributed by atoms with Gasteiger partial charge in [0.05, 0.1) is 22.4 Å². The first-order chi connectivity index (χ1) is 9.02. The summed E-state index contributed by atoms with van der Waals surface area (Å²) in [6, 6.07) is 5.02. The number of nitrogens with zero attached hydrogens (tertiary/aromatic N) is 2. The second kappa shape index (κ2) is 5.84. The van der Waals surface area contributed by atoms with Gasteiger partial charge in [0, 0.05) is 7.05 Å². The summed E-state index contributed by atoms with van der Waals surface area (Å²) >= 11 is 3.50. The molecule has 0 aliphatic carbocycles. The summed E-state index contributed by atoms with van der Waals surface area (Å²) in [7, 11) is 1.89. The maximum atomic E-state index is 13.6. The zero-order chi connectivity index (χ0) is 14.0. The van der Waals surface area contributed by atoms with E-state index in [0.29, 0.717) is 0 Å². The first kappa shape index (κ1) is 14.2. The molecular formula is C14H17BrFN3. The van der Waals surface area contributed by atoms with Crippen LogP contribution in [0.5, 0.6) is 0 Å². The third-order valence-electron chi connectivity index (χ3n) is 3.02. The number of benzene rings is 1. The number of nitrogens with one attached hydrogen (secondary N) is 1. The van der Waals surface area contributed by atoms with Crippen LogP contribution in [0, 0.1) is 12.7 Å². The first-order valence-corrected chi connectivity index (χ1v) is 7.00. The van der Waals surface area contributed by atoms with Crippen molar-refractivity contribution in [1.82, 2.24) is 15.1 Å². The van der Waals surface area contributed by atoms with Crippen LogP contribution in [0.1, 0.15) is 29.8 Å². The molecule has 1 aromatic carbocycles. The summed E-state index contributed by atoms with van der Waals surface area (Å²) in [4.78, 5) is 0. The number of halogens is 2. The fraction of sp³-hybridized carbons (Fsp3) is 0.357. The van der Waals surface area contributed by atoms with Crippen molar-refractivity contribution in [3.63, 3.8) is 0 Å². The molecule has 0 aliphatic rings. The van der Waals surface area contributed by atoms with E-state index < -0.39 is 0 Å². The van der Waals surface area contributed by atoms with Gasteiger partial charge in [-0.15, -0.1) is 0 Å². The molecule has 1 unspecified atom stereocenters. The number of hydrogen-bond acceptors (Lipinski definition) is 2. The van der Waals surface area contributed by atoms with Gasteiger partial charge in [-0.2, -0.15) is 5.10 Å². The summed E-state index contributed by atoms with van der Waals surface area (Å²) in [6.45, 7) is 4.72. The lowest BCUT2D eigenvalue weighted by molar-refractivity contribution is 0.562. The first-order valence-electron chi connectivity index (χ1n) is 6.20. The predicted octanol–water partition coefficient (Wildman–Crippen LogP) is 3.33. The number of hydrogen-bond donors (Lipinski definition) is 1. The monoisotopic (exact) mass is 325 g/mol. The van der Waals surface area contributed by atoms with Gasteiger partial charge < -0.3 is 5.32 Å². The number of aromatic nitrogens is 2. The molecule has 2 rings (SSSR count). The van der Waals surface area contributed by atoms with E-state index in [1.54, 1.807) is 16.9 Å². The molecule has 0 spiro atoms. The Morgan fingerprint density at radius 2 is 2.16 bits per heavy atom. The van der Waals surface area contributed by atoms with Gasteiger partial charge in [0.2, 0.25) is 0 Å². The van der Waals surface area contributed by atoms with Gasteiger partial charge in [0.15, 0.2) is 0 Å². The molecule has 2 aromatic rings. The van der Waals surface area contributed by atoms with Crippen LogP contribution >= 0.6 is 15.9 Å². The summed E-state index contributed by atoms with van der Waals surface area (Å²) in [5, 5.41) is 7.61. The lowest BCUT2D eigenvalue weighted by atomic mass is 10.0. The van der Waals surface area contributed by atoms with Gasteiger partial charge in [-0.1, -0.05) is 13.0 Å². The Morgan fingerprint density at radius 1 is 1.42 bits per heavy atom. The van der Waals surface area contributed by atoms with Crippen molar-refractivity contribution >= 4 is 15.9 Å². The van der Waals surface area contributed by atoms with Gasteiger partial charge in [-0.25, -0.2) is 4.39 Å². The molecule has 0 bridgehead atoms. The van der Waals surface area contributed by atoms with Crippen LogP contribution in [0.2, 0.25) is 0 Å². The third kappa shape index (κ3) is 3.04. The van der Waals surface area contributed by atoms with E-state index in [1.165, 1.54) is 6.07 Å². The topological polar surface area (TPSA) is 29.9 Å². The Kier molecular flexibility index (Phi) is 4.37. The largest absolute Gasteiger partial charge is 0.305 e. The predicted molar refractivity (Wildman–Crippen MR) is 77.6 cm³/mol. The summed E-state index contributed by atoms with van der Waals surface area (Å²) in [5.74, 6) is -0.212. The quantitative estimate of drug-likeness (QED) is 0.934. The van der Waals surface area contributed by atoms with E-state index in [0.717, 1.165) is 27.8 Å². The molecular weight excluding hydrogens is 309 g/mol. The molecule has 0 aliphatic heterocycles. The average Bonchev–Trinajstić information content (AvgIpc) is 2.65. The summed E-state index contributed by atoms with van der Waals surface area (Å²) in [6.07, 6.45) is 1.76. The lowest BCUT2D eigenvalue weighted by Crippen LogP contribution is -2.24. The van der Waals surface area contributed by atoms with Crippen molar-refractivity contribution in [2.24, 2.45) is 7.05 Å². The molecule has 5 heteroatoms. The van der Waals surface area contributed by atoms with E-state index in [-0.39, 0.29) is 11.9 Å². The van der Waals surface area contributed by atoms with Crippen LogP contribution in [0.25, 0.3) is 0 Å². The Morgan fingerprint density at radius 3 is 2.68 bits per heavy atom. The molecule has 19 heavy (non-hydrogen) atoms. The molecule has 0 saturated carbocycles. The SMILES string of the molecule is CCNC(c1cc(C)cc(F)c1)c1c(Br)cnn1C. The van der Waals surface area contributed by atoms with Crippen LogP contribution in [0.4, 0.5) is 4.39 Å². The smallest absolute Gasteiger partial charge is 0.123 e. The highest BCUT2D eigenvalue weighted by Crippen LogP contribution is 2.29. The van der Waals surface area contributed by atoms with Crippen LogP contribution in [-0.2, 0) is 7.05 Å². The molecule has 0 fully saturated rings. The van der Waals surface area contributed by atoms with E-state index in [2.05, 4.69) is 26.3 Å². The molecule has 102 valence electrons. The number of rotatable bonds is 4. The van der Waals surface area contributed by atoms with Crippen molar-refractivity contribution in [2.45, 2.75) is 19.9 Å². The Balaban J connectivity index is 2.51. The maximum absolute atomic E-state index is 13.6. The van der Waals surface area contributed by atoms with Gasteiger partial charge in [0.1, 0.15) is 5.82 Å². The average molecular weight is 326 g/mol. The zero-order valence-electron chi connectivity index (χ0n) is 11.2. The minimum atomic E-state index is -0.212. The molecule has 3 nitrogen and oxygen atoms in total. The van der Waals surface area contributed by atoms with Crippen molar-refractivity contribution in [2.75, 3.05) is 6.54 Å². The fourth-order valence-corrected chi connectivity index (χ4v) is 2.83. The second-order valence-corrected chi connectivity index (χ2v) is 5.41. The van der Waals surface area contributed by atoms with Crippen molar-refractivity contribution in [3.05, 3.63) is 51.5 Å². The molecule has 0 amide bonds. The summed E-state index contributed by atoms with van der Waals surface area (Å²) < 4.78 is 16.3. The molecule has 1 aromatic heterocycles. The van der Waals surface area contributed by atoms with E-state index in [1.807, 2.05) is 27.0 Å². The molecule has 1 N–H and O–H groups in total. The van der Waals surface area contributed by atoms with Gasteiger partial charge in [0.25, 0.3) is 0 Å². The van der Waals surface area contributed by atoms with Gasteiger partial charge in [-0.3, -0.25) is 4.68 Å². The van der Waals surface area contributed by atoms with E-state index in [9.17, 15) is 4.39 Å². The van der Waals surface area contributed by atoms with Crippen molar-refractivity contribution < 1.29 is 4.39 Å². The van der Waals surface area contributed by atoms with Crippen molar-refractivity contribution in [1.29, 1.82) is 0 Å². The van der Waals surface area contributed by atoms with Crippen molar-refractivity contribution in [3.8, 4) is 0 Å². The Labute approximate surface area is 121 Å². The normalized spacial score (nSPS) is 12.7. The van der Waals surface area contributed by atoms with Gasteiger partial charge in [-0.05, 0) is 52.7 Å².